The molecule has 1 aliphatic rings. The molecule has 2 aromatic heterocycles. The first kappa shape index (κ1) is 27.0. The Bertz CT molecular complexity index is 1550. The minimum Gasteiger partial charge on any atom is -0.497 e. The summed E-state index contributed by atoms with van der Waals surface area (Å²) < 4.78 is 45.0. The molecule has 3 heterocycles. The fourth-order valence-corrected chi connectivity index (χ4v) is 4.69. The van der Waals surface area contributed by atoms with Crippen molar-refractivity contribution < 1.29 is 32.4 Å². The van der Waals surface area contributed by atoms with Gasteiger partial charge in [0.1, 0.15) is 28.1 Å². The van der Waals surface area contributed by atoms with E-state index in [9.17, 15) is 18.4 Å². The molecule has 5 rings (SSSR count). The first-order valence-electron chi connectivity index (χ1n) is 12.0. The van der Waals surface area contributed by atoms with E-state index in [0.29, 0.717) is 25.0 Å². The number of nitrogens with one attached hydrogen (secondary N) is 3. The van der Waals surface area contributed by atoms with E-state index in [4.69, 9.17) is 19.7 Å². The van der Waals surface area contributed by atoms with E-state index >= 15 is 0 Å². The number of amides is 3. The fourth-order valence-electron chi connectivity index (χ4n) is 3.89. The van der Waals surface area contributed by atoms with Gasteiger partial charge in [0, 0.05) is 24.8 Å². The van der Waals surface area contributed by atoms with Crippen LogP contribution < -0.4 is 26.4 Å². The minimum atomic E-state index is -0.999. The number of thiazole rings is 1. The van der Waals surface area contributed by atoms with Crippen molar-refractivity contribution in [3.8, 4) is 27.9 Å². The van der Waals surface area contributed by atoms with Gasteiger partial charge in [-0.15, -0.1) is 0 Å². The molecule has 4 aromatic rings. The van der Waals surface area contributed by atoms with Crippen molar-refractivity contribution in [2.45, 2.75) is 18.9 Å². The number of halogens is 2. The van der Waals surface area contributed by atoms with Crippen molar-refractivity contribution in [1.82, 2.24) is 20.4 Å². The van der Waals surface area contributed by atoms with Crippen molar-refractivity contribution >= 4 is 39.9 Å². The van der Waals surface area contributed by atoms with E-state index in [0.717, 1.165) is 30.2 Å². The number of hydrogen-bond donors (Lipinski definition) is 4. The summed E-state index contributed by atoms with van der Waals surface area (Å²) in [6, 6.07) is 7.41. The number of urea groups is 1. The number of nitrogen functional groups attached to an aromatic ring is 1. The quantitative estimate of drug-likeness (QED) is 0.241. The molecule has 12 nitrogen and oxygen atoms in total. The Morgan fingerprint density at radius 3 is 2.80 bits per heavy atom. The zero-order valence-electron chi connectivity index (χ0n) is 21.0. The van der Waals surface area contributed by atoms with E-state index in [1.807, 2.05) is 0 Å². The summed E-state index contributed by atoms with van der Waals surface area (Å²) in [5.74, 6) is -2.49. The monoisotopic (exact) mass is 571 g/mol. The predicted molar refractivity (Wildman–Crippen MR) is 142 cm³/mol. The van der Waals surface area contributed by atoms with Gasteiger partial charge in [-0.05, 0) is 37.1 Å². The number of carbonyl (C=O) groups excluding carboxylic acids is 2. The number of rotatable bonds is 8. The number of nitrogens with two attached hydrogens (primary N) is 1. The zero-order chi connectivity index (χ0) is 28.2. The highest BCUT2D eigenvalue weighted by Crippen LogP contribution is 2.36. The lowest BCUT2D eigenvalue weighted by Crippen LogP contribution is -2.34. The van der Waals surface area contributed by atoms with Crippen molar-refractivity contribution in [3.63, 3.8) is 0 Å². The van der Waals surface area contributed by atoms with Gasteiger partial charge in [0.25, 0.3) is 11.8 Å². The summed E-state index contributed by atoms with van der Waals surface area (Å²) >= 11 is 0.970. The molecular weight excluding hydrogens is 548 g/mol. The lowest BCUT2D eigenvalue weighted by Gasteiger charge is -2.10. The van der Waals surface area contributed by atoms with Crippen LogP contribution in [0.2, 0.25) is 0 Å². The Labute approximate surface area is 229 Å². The third-order valence-corrected chi connectivity index (χ3v) is 6.86. The van der Waals surface area contributed by atoms with E-state index in [2.05, 4.69) is 31.1 Å². The molecule has 0 saturated carbocycles. The molecule has 0 spiro atoms. The lowest BCUT2D eigenvalue weighted by atomic mass is 10.1. The fraction of sp³-hybridized carbons (Fsp3) is 0.240. The maximum atomic E-state index is 14.7. The van der Waals surface area contributed by atoms with E-state index in [1.54, 1.807) is 12.1 Å². The van der Waals surface area contributed by atoms with E-state index in [1.165, 1.54) is 19.2 Å². The topological polar surface area (TPSA) is 167 Å². The average molecular weight is 572 g/mol. The standard InChI is InChI=1S/C25H23F2N7O5S/c1-37-13-5-2-4-12(8-13)22(35)30-18-9-15(16(26)10-17(18)27)21-32-23(39-34-21)19-20(28)31-25(40-19)33-24(36)29-11-14-6-3-7-38-14/h2,4-5,8-10,14H,3,6-7,11,28H2,1H3,(H,30,35)(H2,29,31,33,36). The predicted octanol–water partition coefficient (Wildman–Crippen LogP) is 4.28. The van der Waals surface area contributed by atoms with Gasteiger partial charge in [0.2, 0.25) is 5.82 Å². The molecule has 1 aliphatic heterocycles. The number of hydrogen-bond acceptors (Lipinski definition) is 10. The van der Waals surface area contributed by atoms with Crippen molar-refractivity contribution in [3.05, 3.63) is 53.6 Å². The van der Waals surface area contributed by atoms with Crippen LogP contribution in [0.15, 0.2) is 40.9 Å². The summed E-state index contributed by atoms with van der Waals surface area (Å²) in [6.07, 6.45) is 1.80. The van der Waals surface area contributed by atoms with E-state index in [-0.39, 0.29) is 50.5 Å². The van der Waals surface area contributed by atoms with Gasteiger partial charge in [-0.2, -0.15) is 4.98 Å². The summed E-state index contributed by atoms with van der Waals surface area (Å²) in [5, 5.41) is 11.6. The van der Waals surface area contributed by atoms with Gasteiger partial charge in [0.05, 0.1) is 24.5 Å². The highest BCUT2D eigenvalue weighted by molar-refractivity contribution is 7.19. The molecule has 5 N–H and O–H groups in total. The molecule has 1 saturated heterocycles. The SMILES string of the molecule is COc1cccc(C(=O)Nc2cc(-c3noc(-c4sc(NC(=O)NCC5CCCO5)nc4N)n3)c(F)cc2F)c1. The molecule has 0 radical (unpaired) electrons. The van der Waals surface area contributed by atoms with Gasteiger partial charge in [-0.1, -0.05) is 22.6 Å². The average Bonchev–Trinajstić information content (AvgIpc) is 3.70. The Kier molecular flexibility index (Phi) is 7.84. The van der Waals surface area contributed by atoms with Gasteiger partial charge in [0.15, 0.2) is 5.13 Å². The summed E-state index contributed by atoms with van der Waals surface area (Å²) in [5.41, 5.74) is 5.65. The van der Waals surface area contributed by atoms with Gasteiger partial charge >= 0.3 is 6.03 Å². The second-order valence-electron chi connectivity index (χ2n) is 8.62. The molecule has 2 aromatic carbocycles. The number of methoxy groups -OCH3 is 1. The Morgan fingerprint density at radius 1 is 1.18 bits per heavy atom. The highest BCUT2D eigenvalue weighted by Gasteiger charge is 2.23. The second kappa shape index (κ2) is 11.6. The van der Waals surface area contributed by atoms with Crippen LogP contribution in [-0.2, 0) is 4.74 Å². The molecule has 3 amide bonds. The van der Waals surface area contributed by atoms with Gasteiger partial charge < -0.3 is 30.4 Å². The number of carbonyl (C=O) groups is 2. The van der Waals surface area contributed by atoms with Gasteiger partial charge in [-0.3, -0.25) is 10.1 Å². The molecule has 15 heteroatoms. The molecule has 1 atom stereocenters. The van der Waals surface area contributed by atoms with Crippen LogP contribution in [0.5, 0.6) is 5.75 Å². The van der Waals surface area contributed by atoms with Crippen LogP contribution in [-0.4, -0.2) is 53.4 Å². The maximum absolute atomic E-state index is 14.7. The van der Waals surface area contributed by atoms with Crippen LogP contribution >= 0.6 is 11.3 Å². The van der Waals surface area contributed by atoms with Crippen molar-refractivity contribution in [2.24, 2.45) is 0 Å². The maximum Gasteiger partial charge on any atom is 0.321 e. The van der Waals surface area contributed by atoms with Crippen molar-refractivity contribution in [2.75, 3.05) is 36.6 Å². The summed E-state index contributed by atoms with van der Waals surface area (Å²) in [4.78, 5) is 33.3. The third-order valence-electron chi connectivity index (χ3n) is 5.89. The summed E-state index contributed by atoms with van der Waals surface area (Å²) in [6.45, 7) is 1.03. The second-order valence-corrected chi connectivity index (χ2v) is 9.62. The third kappa shape index (κ3) is 6.00. The Hall–Kier alpha value is -4.63. The van der Waals surface area contributed by atoms with E-state index < -0.39 is 23.6 Å². The molecule has 0 aliphatic carbocycles. The zero-order valence-corrected chi connectivity index (χ0v) is 21.8. The Morgan fingerprint density at radius 2 is 2.02 bits per heavy atom. The minimum absolute atomic E-state index is 0.000413. The number of ether oxygens (including phenoxy) is 2. The molecule has 1 fully saturated rings. The summed E-state index contributed by atoms with van der Waals surface area (Å²) in [7, 11) is 1.45. The van der Waals surface area contributed by atoms with Crippen LogP contribution in [0.1, 0.15) is 23.2 Å². The Balaban J connectivity index is 1.31. The molecule has 40 heavy (non-hydrogen) atoms. The van der Waals surface area contributed by atoms with Gasteiger partial charge in [-0.25, -0.2) is 18.6 Å². The van der Waals surface area contributed by atoms with Crippen LogP contribution in [0, 0.1) is 11.6 Å². The molecule has 1 unspecified atom stereocenters. The lowest BCUT2D eigenvalue weighted by molar-refractivity contribution is 0.102. The number of anilines is 3. The number of nitrogens with zero attached hydrogens (tertiary/aromatic N) is 3. The smallest absolute Gasteiger partial charge is 0.321 e. The largest absolute Gasteiger partial charge is 0.497 e. The first-order valence-corrected chi connectivity index (χ1v) is 12.8. The van der Waals surface area contributed by atoms with Crippen molar-refractivity contribution in [1.29, 1.82) is 0 Å². The van der Waals surface area contributed by atoms with Crippen LogP contribution in [0.25, 0.3) is 22.2 Å². The highest BCUT2D eigenvalue weighted by atomic mass is 32.1. The normalized spacial score (nSPS) is 14.6. The first-order chi connectivity index (χ1) is 19.3. The molecule has 208 valence electrons. The van der Waals surface area contributed by atoms with Crippen LogP contribution in [0.4, 0.5) is 30.2 Å². The molecule has 0 bridgehead atoms. The number of benzene rings is 2. The van der Waals surface area contributed by atoms with Crippen LogP contribution in [0.3, 0.4) is 0 Å². The number of aromatic nitrogens is 3. The molecular formula is C25H23F2N7O5S.